The minimum Gasteiger partial charge on any atom is -0.492 e. The zero-order valence-electron chi connectivity index (χ0n) is 21.6. The Morgan fingerprint density at radius 2 is 1.32 bits per heavy atom. The van der Waals surface area contributed by atoms with Crippen molar-refractivity contribution in [3.05, 3.63) is 132 Å². The lowest BCUT2D eigenvalue weighted by molar-refractivity contribution is 0.196. The first kappa shape index (κ1) is 24.8. The van der Waals surface area contributed by atoms with E-state index in [4.69, 9.17) is 9.84 Å². The molecule has 4 aromatic carbocycles. The fourth-order valence-corrected chi connectivity index (χ4v) is 4.80. The Balaban J connectivity index is 1.30. The first-order chi connectivity index (χ1) is 18.3. The lowest BCUT2D eigenvalue weighted by atomic mass is 10.1. The summed E-state index contributed by atoms with van der Waals surface area (Å²) < 4.78 is 8.44. The molecule has 4 heteroatoms. The number of hydrogen-bond donors (Lipinski definition) is 0. The van der Waals surface area contributed by atoms with E-state index in [2.05, 4.69) is 126 Å². The highest BCUT2D eigenvalue weighted by Gasteiger charge is 2.13. The normalized spacial score (nSPS) is 11.3. The molecule has 0 bridgehead atoms. The molecule has 0 amide bonds. The molecule has 1 heterocycles. The molecule has 0 saturated carbocycles. The maximum atomic E-state index is 6.31. The van der Waals surface area contributed by atoms with Gasteiger partial charge in [-0.1, -0.05) is 104 Å². The fourth-order valence-electron chi connectivity index (χ4n) is 4.80. The Bertz CT molecular complexity index is 1340. The molecule has 188 valence electrons. The number of aryl methyl sites for hydroxylation is 1. The van der Waals surface area contributed by atoms with Crippen LogP contribution in [-0.4, -0.2) is 27.8 Å². The van der Waals surface area contributed by atoms with Crippen molar-refractivity contribution in [1.82, 2.24) is 14.7 Å². The third-order valence-electron chi connectivity index (χ3n) is 6.64. The summed E-state index contributed by atoms with van der Waals surface area (Å²) in [6.45, 7) is 6.21. The van der Waals surface area contributed by atoms with Gasteiger partial charge >= 0.3 is 0 Å². The van der Waals surface area contributed by atoms with E-state index < -0.39 is 0 Å². The number of rotatable bonds is 12. The largest absolute Gasteiger partial charge is 0.492 e. The fraction of sp³-hybridized carbons (Fsp3) is 0.242. The Kier molecular flexibility index (Phi) is 8.29. The SMILES string of the molecule is CCCc1nn(Cc2ccccc2)c2cc(OCCN(Cc3ccccc3)Cc3ccccc3)ccc12. The van der Waals surface area contributed by atoms with E-state index in [0.717, 1.165) is 56.0 Å². The summed E-state index contributed by atoms with van der Waals surface area (Å²) in [5.41, 5.74) is 6.17. The zero-order valence-corrected chi connectivity index (χ0v) is 21.6. The number of nitrogens with zero attached hydrogens (tertiary/aromatic N) is 3. The quantitative estimate of drug-likeness (QED) is 0.187. The van der Waals surface area contributed by atoms with Gasteiger partial charge in [0.05, 0.1) is 17.8 Å². The van der Waals surface area contributed by atoms with E-state index in [-0.39, 0.29) is 0 Å². The van der Waals surface area contributed by atoms with Gasteiger partial charge in [-0.15, -0.1) is 0 Å². The van der Waals surface area contributed by atoms with Gasteiger partial charge in [0.1, 0.15) is 12.4 Å². The molecule has 4 nitrogen and oxygen atoms in total. The zero-order chi connectivity index (χ0) is 25.3. The molecule has 0 fully saturated rings. The summed E-state index contributed by atoms with van der Waals surface area (Å²) in [6.07, 6.45) is 2.06. The van der Waals surface area contributed by atoms with Crippen LogP contribution in [0.25, 0.3) is 10.9 Å². The number of ether oxygens (including phenoxy) is 1. The molecule has 0 aliphatic rings. The van der Waals surface area contributed by atoms with Gasteiger partial charge in [-0.05, 0) is 35.2 Å². The molecule has 0 saturated heterocycles. The van der Waals surface area contributed by atoms with E-state index in [1.54, 1.807) is 0 Å². The lowest BCUT2D eigenvalue weighted by Crippen LogP contribution is -2.27. The summed E-state index contributed by atoms with van der Waals surface area (Å²) in [7, 11) is 0. The highest BCUT2D eigenvalue weighted by molar-refractivity contribution is 5.83. The van der Waals surface area contributed by atoms with Crippen molar-refractivity contribution >= 4 is 10.9 Å². The van der Waals surface area contributed by atoms with Crippen LogP contribution in [0.15, 0.2) is 109 Å². The Morgan fingerprint density at radius 3 is 1.92 bits per heavy atom. The third kappa shape index (κ3) is 6.66. The van der Waals surface area contributed by atoms with Gasteiger partial charge in [0.15, 0.2) is 0 Å². The highest BCUT2D eigenvalue weighted by atomic mass is 16.5. The molecule has 0 aliphatic carbocycles. The van der Waals surface area contributed by atoms with E-state index >= 15 is 0 Å². The molecule has 37 heavy (non-hydrogen) atoms. The molecule has 0 unspecified atom stereocenters. The van der Waals surface area contributed by atoms with Crippen LogP contribution in [0.5, 0.6) is 5.75 Å². The first-order valence-electron chi connectivity index (χ1n) is 13.2. The summed E-state index contributed by atoms with van der Waals surface area (Å²) in [5, 5.41) is 6.19. The number of fused-ring (bicyclic) bond motifs is 1. The molecular formula is C33H35N3O. The molecule has 0 spiro atoms. The standard InChI is InChI=1S/C33H35N3O/c1-2-12-32-31-20-19-30(23-33(31)36(34-32)26-29-17-10-5-11-18-29)37-22-21-35(24-27-13-6-3-7-14-27)25-28-15-8-4-9-16-28/h3-11,13-20,23H,2,12,21-22,24-26H2,1H3. The average Bonchev–Trinajstić information content (AvgIpc) is 3.27. The smallest absolute Gasteiger partial charge is 0.121 e. The predicted molar refractivity (Wildman–Crippen MR) is 152 cm³/mol. The molecule has 0 atom stereocenters. The molecule has 5 rings (SSSR count). The first-order valence-corrected chi connectivity index (χ1v) is 13.2. The Labute approximate surface area is 220 Å². The van der Waals surface area contributed by atoms with Crippen molar-refractivity contribution in [2.24, 2.45) is 0 Å². The minimum atomic E-state index is 0.625. The van der Waals surface area contributed by atoms with E-state index in [0.29, 0.717) is 6.61 Å². The van der Waals surface area contributed by atoms with Gasteiger partial charge in [0, 0.05) is 31.1 Å². The second kappa shape index (κ2) is 12.4. The van der Waals surface area contributed by atoms with Crippen molar-refractivity contribution < 1.29 is 4.74 Å². The number of hydrogen-bond acceptors (Lipinski definition) is 3. The predicted octanol–water partition coefficient (Wildman–Crippen LogP) is 7.12. The van der Waals surface area contributed by atoms with Crippen LogP contribution in [0.3, 0.4) is 0 Å². The number of benzene rings is 4. The summed E-state index contributed by atoms with van der Waals surface area (Å²) in [6, 6.07) is 38.3. The van der Waals surface area contributed by atoms with Crippen LogP contribution in [0.4, 0.5) is 0 Å². The van der Waals surface area contributed by atoms with E-state index in [9.17, 15) is 0 Å². The summed E-state index contributed by atoms with van der Waals surface area (Å²) >= 11 is 0. The average molecular weight is 490 g/mol. The molecule has 0 radical (unpaired) electrons. The Morgan fingerprint density at radius 1 is 0.730 bits per heavy atom. The van der Waals surface area contributed by atoms with Crippen LogP contribution in [-0.2, 0) is 26.1 Å². The van der Waals surface area contributed by atoms with Gasteiger partial charge in [-0.2, -0.15) is 5.10 Å². The van der Waals surface area contributed by atoms with Crippen LogP contribution >= 0.6 is 0 Å². The maximum absolute atomic E-state index is 6.31. The molecule has 1 aromatic heterocycles. The van der Waals surface area contributed by atoms with Crippen LogP contribution in [0.1, 0.15) is 35.7 Å². The summed E-state index contributed by atoms with van der Waals surface area (Å²) in [4.78, 5) is 2.45. The second-order valence-electron chi connectivity index (χ2n) is 9.55. The van der Waals surface area contributed by atoms with Crippen molar-refractivity contribution in [2.75, 3.05) is 13.2 Å². The second-order valence-corrected chi connectivity index (χ2v) is 9.55. The van der Waals surface area contributed by atoms with Crippen LogP contribution in [0, 0.1) is 0 Å². The third-order valence-corrected chi connectivity index (χ3v) is 6.64. The summed E-state index contributed by atoms with van der Waals surface area (Å²) in [5.74, 6) is 0.893. The molecule has 5 aromatic rings. The van der Waals surface area contributed by atoms with E-state index in [1.165, 1.54) is 22.1 Å². The monoisotopic (exact) mass is 489 g/mol. The van der Waals surface area contributed by atoms with Gasteiger partial charge in [-0.25, -0.2) is 0 Å². The highest BCUT2D eigenvalue weighted by Crippen LogP contribution is 2.26. The van der Waals surface area contributed by atoms with Gasteiger partial charge < -0.3 is 4.74 Å². The van der Waals surface area contributed by atoms with Gasteiger partial charge in [0.25, 0.3) is 0 Å². The molecule has 0 N–H and O–H groups in total. The van der Waals surface area contributed by atoms with Gasteiger partial charge in [-0.3, -0.25) is 9.58 Å². The topological polar surface area (TPSA) is 30.3 Å². The maximum Gasteiger partial charge on any atom is 0.121 e. The van der Waals surface area contributed by atoms with Gasteiger partial charge in [0.2, 0.25) is 0 Å². The number of aromatic nitrogens is 2. The van der Waals surface area contributed by atoms with Crippen LogP contribution < -0.4 is 4.74 Å². The van der Waals surface area contributed by atoms with Crippen LogP contribution in [0.2, 0.25) is 0 Å². The molecular weight excluding hydrogens is 454 g/mol. The minimum absolute atomic E-state index is 0.625. The molecule has 0 aliphatic heterocycles. The van der Waals surface area contributed by atoms with Crippen molar-refractivity contribution in [1.29, 1.82) is 0 Å². The van der Waals surface area contributed by atoms with E-state index in [1.807, 2.05) is 0 Å². The Hall–Kier alpha value is -3.89. The van der Waals surface area contributed by atoms with Crippen molar-refractivity contribution in [2.45, 2.75) is 39.4 Å². The lowest BCUT2D eigenvalue weighted by Gasteiger charge is -2.23. The van der Waals surface area contributed by atoms with Crippen molar-refractivity contribution in [3.63, 3.8) is 0 Å². The van der Waals surface area contributed by atoms with Crippen molar-refractivity contribution in [3.8, 4) is 5.75 Å².